The number of hydrogen-bond donors (Lipinski definition) is 3. The third-order valence-electron chi connectivity index (χ3n) is 6.32. The van der Waals surface area contributed by atoms with Gasteiger partial charge in [-0.05, 0) is 47.7 Å². The smallest absolute Gasteiger partial charge is 0.303 e. The lowest BCUT2D eigenvalue weighted by atomic mass is 10.0. The number of carbonyl (C=O) groups is 1. The number of rotatable bonds is 8. The number of nitrogen functional groups attached to an aromatic ring is 1. The largest absolute Gasteiger partial charge is 0.491 e. The number of fused-ring (bicyclic) bond motifs is 1. The zero-order chi connectivity index (χ0) is 24.4. The number of hydrogen-bond acceptors (Lipinski definition) is 6. The molecule has 0 amide bonds. The molecular weight excluding hydrogens is 460 g/mol. The Balaban J connectivity index is 1.29. The molecule has 4 N–H and O–H groups in total. The number of nitrogens with zero attached hydrogens (tertiary/aromatic N) is 2. The normalized spacial score (nSPS) is 17.5. The number of amidine groups is 1. The summed E-state index contributed by atoms with van der Waals surface area (Å²) in [5.41, 5.74) is 9.28. The van der Waals surface area contributed by atoms with Gasteiger partial charge in [0.15, 0.2) is 5.13 Å². The highest BCUT2D eigenvalue weighted by Gasteiger charge is 2.35. The van der Waals surface area contributed by atoms with Crippen LogP contribution >= 0.6 is 11.3 Å². The molecule has 3 aromatic carbocycles. The number of aromatic nitrogens is 1. The van der Waals surface area contributed by atoms with Crippen LogP contribution in [0.5, 0.6) is 5.75 Å². The minimum Gasteiger partial charge on any atom is -0.491 e. The van der Waals surface area contributed by atoms with E-state index in [4.69, 9.17) is 20.9 Å². The summed E-state index contributed by atoms with van der Waals surface area (Å²) in [4.78, 5) is 18.4. The Morgan fingerprint density at radius 1 is 1.09 bits per heavy atom. The molecule has 2 heterocycles. The second-order valence-corrected chi connectivity index (χ2v) is 9.81. The lowest BCUT2D eigenvalue weighted by Crippen LogP contribution is -2.34. The number of carboxylic acids is 1. The molecule has 4 aromatic rings. The van der Waals surface area contributed by atoms with Crippen molar-refractivity contribution in [3.63, 3.8) is 0 Å². The zero-order valence-corrected chi connectivity index (χ0v) is 19.9. The van der Waals surface area contributed by atoms with Gasteiger partial charge in [0.1, 0.15) is 18.2 Å². The van der Waals surface area contributed by atoms with Gasteiger partial charge in [-0.3, -0.25) is 10.2 Å². The van der Waals surface area contributed by atoms with Crippen LogP contribution in [0, 0.1) is 11.3 Å². The van der Waals surface area contributed by atoms with Crippen molar-refractivity contribution in [3.8, 4) is 16.9 Å². The van der Waals surface area contributed by atoms with Crippen molar-refractivity contribution in [2.24, 2.45) is 11.7 Å². The average Bonchev–Trinajstić information content (AvgIpc) is 3.46. The van der Waals surface area contributed by atoms with Gasteiger partial charge in [-0.1, -0.05) is 59.9 Å². The van der Waals surface area contributed by atoms with Crippen LogP contribution in [-0.4, -0.2) is 41.1 Å². The van der Waals surface area contributed by atoms with E-state index in [9.17, 15) is 9.90 Å². The fraction of sp³-hybridized carbons (Fsp3) is 0.222. The summed E-state index contributed by atoms with van der Waals surface area (Å²) in [7, 11) is 0. The molecule has 0 bridgehead atoms. The van der Waals surface area contributed by atoms with E-state index in [2.05, 4.69) is 11.0 Å². The molecule has 1 fully saturated rings. The molecule has 0 spiro atoms. The molecule has 5 rings (SSSR count). The van der Waals surface area contributed by atoms with Crippen LogP contribution < -0.4 is 15.4 Å². The van der Waals surface area contributed by atoms with Crippen LogP contribution in [0.4, 0.5) is 5.13 Å². The molecule has 1 aromatic heterocycles. The Morgan fingerprint density at radius 2 is 1.77 bits per heavy atom. The van der Waals surface area contributed by atoms with Crippen molar-refractivity contribution in [2.45, 2.75) is 18.9 Å². The van der Waals surface area contributed by atoms with Crippen LogP contribution in [0.2, 0.25) is 0 Å². The van der Waals surface area contributed by atoms with E-state index < -0.39 is 5.97 Å². The summed E-state index contributed by atoms with van der Waals surface area (Å²) in [6.07, 6.45) is 0.901. The van der Waals surface area contributed by atoms with E-state index >= 15 is 0 Å². The minimum atomic E-state index is -0.771. The van der Waals surface area contributed by atoms with E-state index in [0.717, 1.165) is 38.6 Å². The summed E-state index contributed by atoms with van der Waals surface area (Å²) in [5, 5.41) is 17.8. The van der Waals surface area contributed by atoms with Crippen molar-refractivity contribution in [1.82, 2.24) is 4.98 Å². The fourth-order valence-corrected chi connectivity index (χ4v) is 5.61. The molecule has 1 aliphatic rings. The number of anilines is 1. The second-order valence-electron chi connectivity index (χ2n) is 8.80. The molecule has 8 heteroatoms. The molecule has 1 saturated heterocycles. The molecule has 1 aliphatic heterocycles. The minimum absolute atomic E-state index is 0.0534. The van der Waals surface area contributed by atoms with Gasteiger partial charge >= 0.3 is 5.97 Å². The highest BCUT2D eigenvalue weighted by Crippen LogP contribution is 2.36. The average molecular weight is 487 g/mol. The number of nitrogens with one attached hydrogen (secondary N) is 1. The SMILES string of the molecule is N=C(N)c1ccc(-c2ccc(OC[C@@H]3C[C@@H](CC(=O)O)CN3c3nc4ccccc4s3)cc2)cc1. The van der Waals surface area contributed by atoms with Crippen LogP contribution in [-0.2, 0) is 4.79 Å². The molecule has 0 saturated carbocycles. The van der Waals surface area contributed by atoms with Crippen molar-refractivity contribution >= 4 is 38.5 Å². The van der Waals surface area contributed by atoms with E-state index in [-0.39, 0.29) is 24.2 Å². The van der Waals surface area contributed by atoms with Gasteiger partial charge in [-0.15, -0.1) is 0 Å². The van der Waals surface area contributed by atoms with Gasteiger partial charge in [-0.2, -0.15) is 0 Å². The van der Waals surface area contributed by atoms with Gasteiger partial charge in [0, 0.05) is 18.5 Å². The zero-order valence-electron chi connectivity index (χ0n) is 19.1. The maximum absolute atomic E-state index is 11.3. The summed E-state index contributed by atoms with van der Waals surface area (Å²) >= 11 is 1.63. The molecule has 35 heavy (non-hydrogen) atoms. The predicted molar refractivity (Wildman–Crippen MR) is 140 cm³/mol. The van der Waals surface area contributed by atoms with E-state index in [1.54, 1.807) is 11.3 Å². The molecule has 2 atom stereocenters. The fourth-order valence-electron chi connectivity index (χ4n) is 4.56. The van der Waals surface area contributed by atoms with Crippen molar-refractivity contribution in [1.29, 1.82) is 5.41 Å². The first-order chi connectivity index (χ1) is 17.0. The number of benzene rings is 3. The van der Waals surface area contributed by atoms with E-state index in [1.807, 2.05) is 66.7 Å². The van der Waals surface area contributed by atoms with Gasteiger partial charge in [0.05, 0.1) is 16.3 Å². The lowest BCUT2D eigenvalue weighted by molar-refractivity contribution is -0.137. The van der Waals surface area contributed by atoms with E-state index in [0.29, 0.717) is 18.7 Å². The highest BCUT2D eigenvalue weighted by molar-refractivity contribution is 7.22. The Morgan fingerprint density at radius 3 is 2.43 bits per heavy atom. The Bertz CT molecular complexity index is 1320. The van der Waals surface area contributed by atoms with Crippen molar-refractivity contribution in [2.75, 3.05) is 18.1 Å². The monoisotopic (exact) mass is 486 g/mol. The Hall–Kier alpha value is -3.91. The first kappa shape index (κ1) is 22.9. The van der Waals surface area contributed by atoms with Crippen LogP contribution in [0.25, 0.3) is 21.3 Å². The maximum Gasteiger partial charge on any atom is 0.303 e. The predicted octanol–water partition coefficient (Wildman–Crippen LogP) is 5.00. The molecule has 7 nitrogen and oxygen atoms in total. The quantitative estimate of drug-likeness (QED) is 0.239. The Labute approximate surface area is 207 Å². The van der Waals surface area contributed by atoms with Gasteiger partial charge in [0.25, 0.3) is 0 Å². The third-order valence-corrected chi connectivity index (χ3v) is 7.39. The number of carboxylic acid groups (broad SMARTS) is 1. The summed E-state index contributed by atoms with van der Waals surface area (Å²) < 4.78 is 7.27. The van der Waals surface area contributed by atoms with Crippen molar-refractivity contribution in [3.05, 3.63) is 78.4 Å². The number of nitrogens with two attached hydrogens (primary N) is 1. The Kier molecular flexibility index (Phi) is 6.37. The highest BCUT2D eigenvalue weighted by atomic mass is 32.1. The maximum atomic E-state index is 11.3. The first-order valence-electron chi connectivity index (χ1n) is 11.5. The number of thiazole rings is 1. The number of aliphatic carboxylic acids is 1. The summed E-state index contributed by atoms with van der Waals surface area (Å²) in [6.45, 7) is 1.12. The summed E-state index contributed by atoms with van der Waals surface area (Å²) in [5.74, 6) is 0.110. The third kappa shape index (κ3) is 5.12. The standard InChI is InChI=1S/C27H26N4O3S/c28-26(29)20-7-5-18(6-8-20)19-9-11-22(12-10-19)34-16-21-13-17(14-25(32)33)15-31(21)27-30-23-3-1-2-4-24(23)35-27/h1-12,17,21H,13-16H2,(H3,28,29)(H,32,33)/t17-,21-/m0/s1. The van der Waals surface area contributed by atoms with Crippen LogP contribution in [0.3, 0.4) is 0 Å². The molecular formula is C27H26N4O3S. The first-order valence-corrected chi connectivity index (χ1v) is 12.3. The number of ether oxygens (including phenoxy) is 1. The molecule has 178 valence electrons. The summed E-state index contributed by atoms with van der Waals surface area (Å²) in [6, 6.07) is 23.6. The molecule has 0 aliphatic carbocycles. The number of para-hydroxylation sites is 1. The van der Waals surface area contributed by atoms with E-state index in [1.165, 1.54) is 0 Å². The topological polar surface area (TPSA) is 113 Å². The molecule has 0 unspecified atom stereocenters. The second kappa shape index (κ2) is 9.76. The lowest BCUT2D eigenvalue weighted by Gasteiger charge is -2.24. The van der Waals surface area contributed by atoms with Gasteiger partial charge in [0.2, 0.25) is 0 Å². The van der Waals surface area contributed by atoms with Crippen LogP contribution in [0.1, 0.15) is 18.4 Å². The van der Waals surface area contributed by atoms with Gasteiger partial charge < -0.3 is 20.5 Å². The van der Waals surface area contributed by atoms with Gasteiger partial charge in [-0.25, -0.2) is 4.98 Å². The van der Waals surface area contributed by atoms with Crippen molar-refractivity contribution < 1.29 is 14.6 Å². The van der Waals surface area contributed by atoms with Crippen LogP contribution in [0.15, 0.2) is 72.8 Å². The molecule has 0 radical (unpaired) electrons.